The van der Waals surface area contributed by atoms with Crippen LogP contribution in [0.4, 0.5) is 0 Å². The quantitative estimate of drug-likeness (QED) is 0.530. The van der Waals surface area contributed by atoms with Gasteiger partial charge in [0.15, 0.2) is 5.96 Å². The van der Waals surface area contributed by atoms with E-state index >= 15 is 0 Å². The number of aryl methyl sites for hydroxylation is 1. The Kier molecular flexibility index (Phi) is 3.13. The molecule has 1 aliphatic carbocycles. The highest BCUT2D eigenvalue weighted by Crippen LogP contribution is 2.27. The van der Waals surface area contributed by atoms with Crippen LogP contribution in [0.15, 0.2) is 18.2 Å². The van der Waals surface area contributed by atoms with Gasteiger partial charge >= 0.3 is 0 Å². The molecule has 0 saturated carbocycles. The summed E-state index contributed by atoms with van der Waals surface area (Å²) in [6.07, 6.45) is 3.33. The predicted molar refractivity (Wildman–Crippen MR) is 66.6 cm³/mol. The second-order valence-corrected chi connectivity index (χ2v) is 4.53. The van der Waals surface area contributed by atoms with Crippen LogP contribution in [0, 0.1) is 11.3 Å². The van der Waals surface area contributed by atoms with Crippen LogP contribution < -0.4 is 11.1 Å². The lowest BCUT2D eigenvalue weighted by atomic mass is 10.1. The van der Waals surface area contributed by atoms with Crippen LogP contribution in [-0.2, 0) is 19.3 Å². The minimum Gasteiger partial charge on any atom is -0.370 e. The van der Waals surface area contributed by atoms with Crippen molar-refractivity contribution in [1.29, 1.82) is 5.41 Å². The molecule has 0 bridgehead atoms. The molecule has 0 fully saturated rings. The Morgan fingerprint density at radius 3 is 2.88 bits per heavy atom. The number of nitrogens with one attached hydrogen (secondary N) is 2. The van der Waals surface area contributed by atoms with Gasteiger partial charge in [-0.05, 0) is 41.9 Å². The summed E-state index contributed by atoms with van der Waals surface area (Å²) in [7, 11) is 0. The number of guanidine groups is 1. The Labute approximate surface area is 96.6 Å². The summed E-state index contributed by atoms with van der Waals surface area (Å²) < 4.78 is 0. The molecule has 0 aromatic heterocycles. The highest BCUT2D eigenvalue weighted by Gasteiger charge is 2.21. The Balaban J connectivity index is 2.00. The summed E-state index contributed by atoms with van der Waals surface area (Å²) in [5, 5.41) is 10.1. The van der Waals surface area contributed by atoms with Crippen LogP contribution >= 0.6 is 0 Å². The van der Waals surface area contributed by atoms with Gasteiger partial charge in [-0.1, -0.05) is 25.1 Å². The number of benzene rings is 1. The molecule has 4 N–H and O–H groups in total. The van der Waals surface area contributed by atoms with Crippen molar-refractivity contribution >= 4 is 5.96 Å². The average Bonchev–Trinajstić information content (AvgIpc) is 2.67. The molecule has 1 atom stereocenters. The molecule has 0 spiro atoms. The van der Waals surface area contributed by atoms with Crippen LogP contribution in [0.25, 0.3) is 0 Å². The van der Waals surface area contributed by atoms with Crippen LogP contribution in [0.5, 0.6) is 0 Å². The maximum atomic E-state index is 7.15. The Morgan fingerprint density at radius 2 is 2.19 bits per heavy atom. The van der Waals surface area contributed by atoms with E-state index in [1.165, 1.54) is 16.7 Å². The van der Waals surface area contributed by atoms with Crippen molar-refractivity contribution in [3.63, 3.8) is 0 Å². The maximum Gasteiger partial charge on any atom is 0.185 e. The Morgan fingerprint density at radius 1 is 1.44 bits per heavy atom. The second-order valence-electron chi connectivity index (χ2n) is 4.53. The fourth-order valence-corrected chi connectivity index (χ4v) is 2.38. The summed E-state index contributed by atoms with van der Waals surface area (Å²) in [4.78, 5) is 0. The molecule has 0 saturated heterocycles. The average molecular weight is 217 g/mol. The van der Waals surface area contributed by atoms with E-state index < -0.39 is 0 Å². The first-order valence-corrected chi connectivity index (χ1v) is 5.87. The lowest BCUT2D eigenvalue weighted by Gasteiger charge is -2.09. The molecule has 1 aliphatic rings. The van der Waals surface area contributed by atoms with E-state index in [9.17, 15) is 0 Å². The molecule has 2 rings (SSSR count). The molecule has 16 heavy (non-hydrogen) atoms. The highest BCUT2D eigenvalue weighted by molar-refractivity contribution is 5.74. The summed E-state index contributed by atoms with van der Waals surface area (Å²) in [5.41, 5.74) is 9.66. The largest absolute Gasteiger partial charge is 0.370 e. The molecule has 0 aliphatic heterocycles. The minimum atomic E-state index is 0.0743. The first-order chi connectivity index (χ1) is 7.69. The molecular formula is C13H19N3. The van der Waals surface area contributed by atoms with Crippen molar-refractivity contribution in [2.45, 2.75) is 26.2 Å². The third kappa shape index (κ3) is 2.35. The van der Waals surface area contributed by atoms with Gasteiger partial charge in [-0.25, -0.2) is 0 Å². The van der Waals surface area contributed by atoms with E-state index in [0.29, 0.717) is 5.92 Å². The molecule has 0 amide bonds. The summed E-state index contributed by atoms with van der Waals surface area (Å²) in [6, 6.07) is 6.80. The molecule has 3 nitrogen and oxygen atoms in total. The van der Waals surface area contributed by atoms with Gasteiger partial charge in [-0.3, -0.25) is 5.41 Å². The minimum absolute atomic E-state index is 0.0743. The molecule has 1 aromatic carbocycles. The summed E-state index contributed by atoms with van der Waals surface area (Å²) in [5.74, 6) is 0.663. The molecular weight excluding hydrogens is 198 g/mol. The van der Waals surface area contributed by atoms with Gasteiger partial charge in [-0.15, -0.1) is 0 Å². The zero-order valence-electron chi connectivity index (χ0n) is 9.72. The predicted octanol–water partition coefficient (Wildman–Crippen LogP) is 1.45. The first-order valence-electron chi connectivity index (χ1n) is 5.87. The number of hydrogen-bond acceptors (Lipinski definition) is 1. The van der Waals surface area contributed by atoms with Crippen LogP contribution in [0.3, 0.4) is 0 Å². The fourth-order valence-electron chi connectivity index (χ4n) is 2.38. The van der Waals surface area contributed by atoms with Crippen LogP contribution in [-0.4, -0.2) is 12.5 Å². The zero-order valence-corrected chi connectivity index (χ0v) is 9.72. The Hall–Kier alpha value is -1.51. The number of rotatable bonds is 3. The smallest absolute Gasteiger partial charge is 0.185 e. The number of hydrogen-bond donors (Lipinski definition) is 3. The molecule has 3 heteroatoms. The lowest BCUT2D eigenvalue weighted by molar-refractivity contribution is 0.545. The molecule has 0 heterocycles. The zero-order chi connectivity index (χ0) is 11.5. The van der Waals surface area contributed by atoms with E-state index in [0.717, 1.165) is 25.8 Å². The van der Waals surface area contributed by atoms with E-state index in [2.05, 4.69) is 30.4 Å². The van der Waals surface area contributed by atoms with Gasteiger partial charge in [0, 0.05) is 6.54 Å². The monoisotopic (exact) mass is 217 g/mol. The van der Waals surface area contributed by atoms with Gasteiger partial charge in [0.1, 0.15) is 0 Å². The molecule has 0 unspecified atom stereocenters. The standard InChI is InChI=1S/C13H19N3/c1-2-9-3-4-11-6-10(7-12(11)5-9)8-16-13(14)15/h3-5,10H,2,6-8H2,1H3,(H4,14,15,16)/t10-/m1/s1. The van der Waals surface area contributed by atoms with Crippen LogP contribution in [0.1, 0.15) is 23.6 Å². The van der Waals surface area contributed by atoms with Crippen molar-refractivity contribution in [2.75, 3.05) is 6.54 Å². The van der Waals surface area contributed by atoms with Gasteiger partial charge in [-0.2, -0.15) is 0 Å². The third-order valence-electron chi connectivity index (χ3n) is 3.28. The third-order valence-corrected chi connectivity index (χ3v) is 3.28. The van der Waals surface area contributed by atoms with Crippen molar-refractivity contribution in [3.8, 4) is 0 Å². The molecule has 1 aromatic rings. The number of nitrogens with two attached hydrogens (primary N) is 1. The summed E-state index contributed by atoms with van der Waals surface area (Å²) >= 11 is 0. The topological polar surface area (TPSA) is 61.9 Å². The first kappa shape index (κ1) is 11.0. The highest BCUT2D eigenvalue weighted by atomic mass is 15.0. The van der Waals surface area contributed by atoms with E-state index in [1.54, 1.807) is 0 Å². The van der Waals surface area contributed by atoms with Crippen molar-refractivity contribution in [2.24, 2.45) is 11.7 Å². The van der Waals surface area contributed by atoms with Gasteiger partial charge < -0.3 is 11.1 Å². The van der Waals surface area contributed by atoms with Crippen molar-refractivity contribution in [3.05, 3.63) is 34.9 Å². The SMILES string of the molecule is CCc1ccc2c(c1)C[C@H](CNC(=N)N)C2. The van der Waals surface area contributed by atoms with Crippen LogP contribution in [0.2, 0.25) is 0 Å². The molecule has 0 radical (unpaired) electrons. The second kappa shape index (κ2) is 4.56. The Bertz CT molecular complexity index is 398. The number of fused-ring (bicyclic) bond motifs is 1. The van der Waals surface area contributed by atoms with Crippen molar-refractivity contribution < 1.29 is 0 Å². The van der Waals surface area contributed by atoms with E-state index in [-0.39, 0.29) is 5.96 Å². The summed E-state index contributed by atoms with van der Waals surface area (Å²) in [6.45, 7) is 3.00. The molecule has 86 valence electrons. The fraction of sp³-hybridized carbons (Fsp3) is 0.462. The maximum absolute atomic E-state index is 7.15. The van der Waals surface area contributed by atoms with Crippen molar-refractivity contribution in [1.82, 2.24) is 5.32 Å². The van der Waals surface area contributed by atoms with E-state index in [4.69, 9.17) is 11.1 Å². The lowest BCUT2D eigenvalue weighted by Crippen LogP contribution is -2.34. The van der Waals surface area contributed by atoms with Gasteiger partial charge in [0.25, 0.3) is 0 Å². The van der Waals surface area contributed by atoms with E-state index in [1.807, 2.05) is 0 Å². The normalized spacial score (nSPS) is 18.2. The van der Waals surface area contributed by atoms with Gasteiger partial charge in [0.05, 0.1) is 0 Å². The van der Waals surface area contributed by atoms with Gasteiger partial charge in [0.2, 0.25) is 0 Å².